The SMILES string of the molecule is CN(C1CCCCC1O)S(=O)(=O)c1ccc(F)cc1Cl. The zero-order chi connectivity index (χ0) is 14.9. The summed E-state index contributed by atoms with van der Waals surface area (Å²) < 4.78 is 39.2. The topological polar surface area (TPSA) is 57.6 Å². The van der Waals surface area contributed by atoms with Crippen molar-refractivity contribution in [1.82, 2.24) is 4.31 Å². The van der Waals surface area contributed by atoms with Crippen molar-refractivity contribution in [2.24, 2.45) is 0 Å². The highest BCUT2D eigenvalue weighted by molar-refractivity contribution is 7.89. The van der Waals surface area contributed by atoms with Crippen molar-refractivity contribution in [3.05, 3.63) is 29.0 Å². The summed E-state index contributed by atoms with van der Waals surface area (Å²) in [6, 6.07) is 2.72. The number of likely N-dealkylation sites (N-methyl/N-ethyl adjacent to an activating group) is 1. The molecule has 4 nitrogen and oxygen atoms in total. The van der Waals surface area contributed by atoms with Gasteiger partial charge < -0.3 is 5.11 Å². The molecule has 0 spiro atoms. The second-order valence-electron chi connectivity index (χ2n) is 5.02. The first kappa shape index (κ1) is 15.7. The Balaban J connectivity index is 2.33. The summed E-state index contributed by atoms with van der Waals surface area (Å²) in [6.45, 7) is 0. The zero-order valence-corrected chi connectivity index (χ0v) is 12.7. The van der Waals surface area contributed by atoms with E-state index in [0.717, 1.165) is 35.3 Å². The van der Waals surface area contributed by atoms with Crippen LogP contribution in [0.5, 0.6) is 0 Å². The van der Waals surface area contributed by atoms with Crippen LogP contribution in [0.1, 0.15) is 25.7 Å². The van der Waals surface area contributed by atoms with E-state index in [-0.39, 0.29) is 9.92 Å². The van der Waals surface area contributed by atoms with Gasteiger partial charge >= 0.3 is 0 Å². The molecule has 0 radical (unpaired) electrons. The fourth-order valence-corrected chi connectivity index (χ4v) is 4.45. The number of halogens is 2. The Morgan fingerprint density at radius 1 is 1.35 bits per heavy atom. The highest BCUT2D eigenvalue weighted by Crippen LogP contribution is 2.30. The Morgan fingerprint density at radius 3 is 2.60 bits per heavy atom. The summed E-state index contributed by atoms with van der Waals surface area (Å²) in [5, 5.41) is 9.81. The standard InChI is InChI=1S/C13H17ClFNO3S/c1-16(11-4-2-3-5-12(11)17)20(18,19)13-7-6-9(15)8-10(13)14/h6-8,11-12,17H,2-5H2,1H3. The molecular weight excluding hydrogens is 305 g/mol. The lowest BCUT2D eigenvalue weighted by Gasteiger charge is -2.34. The van der Waals surface area contributed by atoms with Gasteiger partial charge in [-0.2, -0.15) is 4.31 Å². The lowest BCUT2D eigenvalue weighted by molar-refractivity contribution is 0.0638. The molecule has 2 rings (SSSR count). The first-order chi connectivity index (χ1) is 9.34. The van der Waals surface area contributed by atoms with E-state index < -0.39 is 28.0 Å². The molecule has 1 N–H and O–H groups in total. The first-order valence-corrected chi connectivity index (χ1v) is 8.27. The molecule has 20 heavy (non-hydrogen) atoms. The predicted octanol–water partition coefficient (Wildman–Crippen LogP) is 2.40. The highest BCUT2D eigenvalue weighted by Gasteiger charge is 2.35. The minimum absolute atomic E-state index is 0.138. The molecule has 1 aromatic rings. The van der Waals surface area contributed by atoms with E-state index in [1.54, 1.807) is 0 Å². The van der Waals surface area contributed by atoms with Gasteiger partial charge in [0.1, 0.15) is 10.7 Å². The van der Waals surface area contributed by atoms with Crippen molar-refractivity contribution in [2.75, 3.05) is 7.05 Å². The van der Waals surface area contributed by atoms with Gasteiger partial charge in [-0.25, -0.2) is 12.8 Å². The second kappa shape index (κ2) is 5.97. The maximum atomic E-state index is 13.0. The number of aliphatic hydroxyl groups is 1. The molecule has 2 atom stereocenters. The van der Waals surface area contributed by atoms with Crippen LogP contribution in [0.15, 0.2) is 23.1 Å². The van der Waals surface area contributed by atoms with E-state index in [0.29, 0.717) is 12.8 Å². The molecule has 0 heterocycles. The van der Waals surface area contributed by atoms with Gasteiger partial charge in [0.15, 0.2) is 0 Å². The quantitative estimate of drug-likeness (QED) is 0.930. The predicted molar refractivity (Wildman–Crippen MR) is 74.6 cm³/mol. The van der Waals surface area contributed by atoms with Crippen molar-refractivity contribution in [3.8, 4) is 0 Å². The van der Waals surface area contributed by atoms with Crippen LogP contribution in [0.3, 0.4) is 0 Å². The molecule has 1 aromatic carbocycles. The molecule has 7 heteroatoms. The van der Waals surface area contributed by atoms with Crippen LogP contribution in [0, 0.1) is 5.82 Å². The third-order valence-corrected chi connectivity index (χ3v) is 6.08. The van der Waals surface area contributed by atoms with E-state index in [1.807, 2.05) is 0 Å². The molecular formula is C13H17ClFNO3S. The molecule has 112 valence electrons. The molecule has 1 fully saturated rings. The number of rotatable bonds is 3. The number of hydrogen-bond donors (Lipinski definition) is 1. The third-order valence-electron chi connectivity index (χ3n) is 3.71. The van der Waals surface area contributed by atoms with Crippen LogP contribution in [-0.2, 0) is 10.0 Å². The van der Waals surface area contributed by atoms with Gasteiger partial charge in [0.2, 0.25) is 10.0 Å². The molecule has 1 saturated carbocycles. The average Bonchev–Trinajstić information content (AvgIpc) is 2.38. The van der Waals surface area contributed by atoms with Crippen LogP contribution in [-0.4, -0.2) is 37.0 Å². The van der Waals surface area contributed by atoms with E-state index in [9.17, 15) is 17.9 Å². The molecule has 1 aliphatic carbocycles. The van der Waals surface area contributed by atoms with Crippen LogP contribution in [0.2, 0.25) is 5.02 Å². The summed E-state index contributed by atoms with van der Waals surface area (Å²) in [4.78, 5) is -0.138. The number of aliphatic hydroxyl groups excluding tert-OH is 1. The van der Waals surface area contributed by atoms with E-state index in [2.05, 4.69) is 0 Å². The number of nitrogens with zero attached hydrogens (tertiary/aromatic N) is 1. The lowest BCUT2D eigenvalue weighted by atomic mass is 9.93. The smallest absolute Gasteiger partial charge is 0.244 e. The van der Waals surface area contributed by atoms with E-state index in [1.165, 1.54) is 7.05 Å². The normalized spacial score (nSPS) is 24.1. The van der Waals surface area contributed by atoms with Crippen LogP contribution in [0.25, 0.3) is 0 Å². The zero-order valence-electron chi connectivity index (χ0n) is 11.1. The Bertz CT molecular complexity index is 593. The fourth-order valence-electron chi connectivity index (χ4n) is 2.53. The van der Waals surface area contributed by atoms with Crippen molar-refractivity contribution in [3.63, 3.8) is 0 Å². The van der Waals surface area contributed by atoms with Gasteiger partial charge in [-0.15, -0.1) is 0 Å². The monoisotopic (exact) mass is 321 g/mol. The van der Waals surface area contributed by atoms with Gasteiger partial charge in [-0.1, -0.05) is 24.4 Å². The molecule has 1 aliphatic rings. The molecule has 2 unspecified atom stereocenters. The third kappa shape index (κ3) is 2.98. The summed E-state index contributed by atoms with van der Waals surface area (Å²) in [7, 11) is -2.42. The van der Waals surface area contributed by atoms with Crippen LogP contribution < -0.4 is 0 Å². The summed E-state index contributed by atoms with van der Waals surface area (Å²) in [5.74, 6) is -0.589. The first-order valence-electron chi connectivity index (χ1n) is 6.45. The van der Waals surface area contributed by atoms with Gasteiger partial charge in [-0.3, -0.25) is 0 Å². The van der Waals surface area contributed by atoms with Crippen LogP contribution >= 0.6 is 11.6 Å². The fraction of sp³-hybridized carbons (Fsp3) is 0.538. The molecule has 0 aromatic heterocycles. The Morgan fingerprint density at radius 2 is 2.00 bits per heavy atom. The van der Waals surface area contributed by atoms with Gasteiger partial charge in [0.05, 0.1) is 17.2 Å². The molecule has 0 saturated heterocycles. The Labute approximate surface area is 123 Å². The summed E-state index contributed by atoms with van der Waals surface area (Å²) in [6.07, 6.45) is 2.28. The maximum absolute atomic E-state index is 13.0. The van der Waals surface area contributed by atoms with Crippen molar-refractivity contribution in [1.29, 1.82) is 0 Å². The van der Waals surface area contributed by atoms with Crippen molar-refractivity contribution >= 4 is 21.6 Å². The number of hydrogen-bond acceptors (Lipinski definition) is 3. The molecule has 0 amide bonds. The van der Waals surface area contributed by atoms with Crippen molar-refractivity contribution < 1.29 is 17.9 Å². The minimum atomic E-state index is -3.84. The average molecular weight is 322 g/mol. The van der Waals surface area contributed by atoms with E-state index >= 15 is 0 Å². The second-order valence-corrected chi connectivity index (χ2v) is 7.39. The lowest BCUT2D eigenvalue weighted by Crippen LogP contribution is -2.46. The van der Waals surface area contributed by atoms with Gasteiger partial charge in [0.25, 0.3) is 0 Å². The molecule has 0 bridgehead atoms. The largest absolute Gasteiger partial charge is 0.391 e. The summed E-state index contributed by atoms with van der Waals surface area (Å²) in [5.41, 5.74) is 0. The van der Waals surface area contributed by atoms with Crippen molar-refractivity contribution in [2.45, 2.75) is 42.7 Å². The van der Waals surface area contributed by atoms with Gasteiger partial charge in [0, 0.05) is 7.05 Å². The minimum Gasteiger partial charge on any atom is -0.391 e. The highest BCUT2D eigenvalue weighted by atomic mass is 35.5. The molecule has 0 aliphatic heterocycles. The summed E-state index contributed by atoms with van der Waals surface area (Å²) >= 11 is 5.83. The maximum Gasteiger partial charge on any atom is 0.244 e. The number of sulfonamides is 1. The number of benzene rings is 1. The van der Waals surface area contributed by atoms with Gasteiger partial charge in [-0.05, 0) is 31.0 Å². The van der Waals surface area contributed by atoms with E-state index in [4.69, 9.17) is 11.6 Å². The van der Waals surface area contributed by atoms with Crippen LogP contribution in [0.4, 0.5) is 4.39 Å². The Hall–Kier alpha value is -0.690. The Kier molecular flexibility index (Phi) is 4.69.